The predicted octanol–water partition coefficient (Wildman–Crippen LogP) is 3.58. The smallest absolute Gasteiger partial charge is 0.313 e. The highest BCUT2D eigenvalue weighted by molar-refractivity contribution is 5.86. The van der Waals surface area contributed by atoms with Crippen molar-refractivity contribution in [3.05, 3.63) is 30.0 Å². The Morgan fingerprint density at radius 3 is 2.74 bits per heavy atom. The molecule has 4 heteroatoms. The minimum Gasteiger partial charge on any atom is -0.481 e. The molecular formula is C15H17NO3. The van der Waals surface area contributed by atoms with E-state index in [0.29, 0.717) is 11.3 Å². The number of nitrogens with zero attached hydrogens (tertiary/aromatic N) is 1. The molecule has 19 heavy (non-hydrogen) atoms. The van der Waals surface area contributed by atoms with Crippen LogP contribution in [0.3, 0.4) is 0 Å². The summed E-state index contributed by atoms with van der Waals surface area (Å²) >= 11 is 0. The van der Waals surface area contributed by atoms with Crippen molar-refractivity contribution in [1.29, 1.82) is 0 Å². The first-order valence-electron chi connectivity index (χ1n) is 6.84. The maximum Gasteiger partial charge on any atom is 0.313 e. The minimum absolute atomic E-state index is 0.180. The third kappa shape index (κ3) is 2.23. The van der Waals surface area contributed by atoms with E-state index in [1.165, 1.54) is 6.42 Å². The Morgan fingerprint density at radius 2 is 2.00 bits per heavy atom. The molecule has 3 rings (SSSR count). The van der Waals surface area contributed by atoms with E-state index >= 15 is 0 Å². The zero-order chi connectivity index (χ0) is 13.2. The van der Waals surface area contributed by atoms with Crippen LogP contribution in [0.4, 0.5) is 0 Å². The second-order valence-corrected chi connectivity index (χ2v) is 5.28. The summed E-state index contributed by atoms with van der Waals surface area (Å²) in [5, 5.41) is 14.4. The summed E-state index contributed by atoms with van der Waals surface area (Å²) in [4.78, 5) is 11.7. The van der Waals surface area contributed by atoms with E-state index in [4.69, 9.17) is 4.52 Å². The molecule has 0 radical (unpaired) electrons. The lowest BCUT2D eigenvalue weighted by atomic mass is 9.78. The average Bonchev–Trinajstić information content (AvgIpc) is 2.84. The van der Waals surface area contributed by atoms with Crippen molar-refractivity contribution in [2.45, 2.75) is 38.0 Å². The Morgan fingerprint density at radius 1 is 1.26 bits per heavy atom. The van der Waals surface area contributed by atoms with E-state index < -0.39 is 11.9 Å². The lowest BCUT2D eigenvalue weighted by molar-refractivity contribution is -0.140. The van der Waals surface area contributed by atoms with Crippen molar-refractivity contribution >= 4 is 16.9 Å². The molecule has 0 amide bonds. The molecule has 1 aliphatic rings. The summed E-state index contributed by atoms with van der Waals surface area (Å²) in [7, 11) is 0. The molecule has 1 N–H and O–H groups in total. The fourth-order valence-corrected chi connectivity index (χ4v) is 3.14. The van der Waals surface area contributed by atoms with Crippen LogP contribution in [0.25, 0.3) is 11.0 Å². The van der Waals surface area contributed by atoms with Crippen molar-refractivity contribution in [2.24, 2.45) is 5.92 Å². The van der Waals surface area contributed by atoms with Gasteiger partial charge in [-0.15, -0.1) is 0 Å². The molecule has 1 saturated carbocycles. The van der Waals surface area contributed by atoms with Gasteiger partial charge in [-0.05, 0) is 30.9 Å². The van der Waals surface area contributed by atoms with Gasteiger partial charge in [0, 0.05) is 5.39 Å². The molecule has 1 atom stereocenters. The van der Waals surface area contributed by atoms with Gasteiger partial charge in [0.25, 0.3) is 0 Å². The van der Waals surface area contributed by atoms with Gasteiger partial charge in [0.05, 0.1) is 0 Å². The van der Waals surface area contributed by atoms with Crippen LogP contribution in [0.1, 0.15) is 43.7 Å². The van der Waals surface area contributed by atoms with Gasteiger partial charge in [0.15, 0.2) is 5.58 Å². The van der Waals surface area contributed by atoms with Crippen molar-refractivity contribution in [3.63, 3.8) is 0 Å². The molecular weight excluding hydrogens is 242 g/mol. The van der Waals surface area contributed by atoms with E-state index in [1.807, 2.05) is 24.3 Å². The van der Waals surface area contributed by atoms with Gasteiger partial charge >= 0.3 is 5.97 Å². The maximum atomic E-state index is 11.7. The second kappa shape index (κ2) is 5.03. The molecule has 0 saturated heterocycles. The van der Waals surface area contributed by atoms with Gasteiger partial charge < -0.3 is 9.63 Å². The van der Waals surface area contributed by atoms with E-state index in [9.17, 15) is 9.90 Å². The molecule has 0 aliphatic heterocycles. The van der Waals surface area contributed by atoms with Gasteiger partial charge in [-0.3, -0.25) is 4.79 Å². The van der Waals surface area contributed by atoms with E-state index in [1.54, 1.807) is 0 Å². The Labute approximate surface area is 111 Å². The molecule has 1 unspecified atom stereocenters. The molecule has 100 valence electrons. The molecule has 1 fully saturated rings. The van der Waals surface area contributed by atoms with E-state index in [2.05, 4.69) is 5.16 Å². The van der Waals surface area contributed by atoms with Crippen molar-refractivity contribution in [2.75, 3.05) is 0 Å². The van der Waals surface area contributed by atoms with Gasteiger partial charge in [-0.25, -0.2) is 0 Å². The SMILES string of the molecule is O=C(O)C(c1noc2ccccc12)C1CCCCC1. The monoisotopic (exact) mass is 259 g/mol. The second-order valence-electron chi connectivity index (χ2n) is 5.28. The number of carbonyl (C=O) groups is 1. The molecule has 0 bridgehead atoms. The Hall–Kier alpha value is -1.84. The molecule has 1 heterocycles. The van der Waals surface area contributed by atoms with Gasteiger partial charge in [0.2, 0.25) is 0 Å². The Bertz CT molecular complexity index is 584. The normalized spacial score (nSPS) is 18.5. The highest BCUT2D eigenvalue weighted by Gasteiger charge is 2.34. The lowest BCUT2D eigenvalue weighted by Crippen LogP contribution is -2.24. The summed E-state index contributed by atoms with van der Waals surface area (Å²) < 4.78 is 5.26. The third-order valence-corrected chi connectivity index (χ3v) is 4.09. The minimum atomic E-state index is -0.786. The number of rotatable bonds is 3. The van der Waals surface area contributed by atoms with Crippen LogP contribution in [0.15, 0.2) is 28.8 Å². The van der Waals surface area contributed by atoms with Crippen molar-refractivity contribution in [1.82, 2.24) is 5.16 Å². The van der Waals surface area contributed by atoms with Crippen LogP contribution in [0, 0.1) is 5.92 Å². The largest absolute Gasteiger partial charge is 0.481 e. The molecule has 2 aromatic rings. The number of benzene rings is 1. The zero-order valence-corrected chi connectivity index (χ0v) is 10.7. The van der Waals surface area contributed by atoms with Crippen LogP contribution in [-0.4, -0.2) is 16.2 Å². The van der Waals surface area contributed by atoms with Crippen LogP contribution in [0.5, 0.6) is 0 Å². The highest BCUT2D eigenvalue weighted by atomic mass is 16.5. The summed E-state index contributed by atoms with van der Waals surface area (Å²) in [6.45, 7) is 0. The number of aliphatic carboxylic acids is 1. The highest BCUT2D eigenvalue weighted by Crippen LogP contribution is 2.38. The number of hydrogen-bond acceptors (Lipinski definition) is 3. The van der Waals surface area contributed by atoms with E-state index in [0.717, 1.165) is 31.1 Å². The topological polar surface area (TPSA) is 63.3 Å². The fraction of sp³-hybridized carbons (Fsp3) is 0.467. The summed E-state index contributed by atoms with van der Waals surface area (Å²) in [6.07, 6.45) is 5.38. The molecule has 1 aromatic heterocycles. The van der Waals surface area contributed by atoms with E-state index in [-0.39, 0.29) is 5.92 Å². The van der Waals surface area contributed by atoms with Gasteiger partial charge in [0.1, 0.15) is 11.6 Å². The number of fused-ring (bicyclic) bond motifs is 1. The average molecular weight is 259 g/mol. The quantitative estimate of drug-likeness (QED) is 0.915. The maximum absolute atomic E-state index is 11.7. The lowest BCUT2D eigenvalue weighted by Gasteiger charge is -2.26. The number of para-hydroxylation sites is 1. The fourth-order valence-electron chi connectivity index (χ4n) is 3.14. The predicted molar refractivity (Wildman–Crippen MR) is 71.0 cm³/mol. The summed E-state index contributed by atoms with van der Waals surface area (Å²) in [5.74, 6) is -1.14. The third-order valence-electron chi connectivity index (χ3n) is 4.09. The molecule has 1 aliphatic carbocycles. The zero-order valence-electron chi connectivity index (χ0n) is 10.7. The Kier molecular flexibility index (Phi) is 3.23. The van der Waals surface area contributed by atoms with Gasteiger partial charge in [-0.1, -0.05) is 36.6 Å². The van der Waals surface area contributed by atoms with Crippen LogP contribution >= 0.6 is 0 Å². The number of carboxylic acids is 1. The Balaban J connectivity index is 2.01. The molecule has 0 spiro atoms. The number of hydrogen-bond donors (Lipinski definition) is 1. The van der Waals surface area contributed by atoms with Crippen molar-refractivity contribution in [3.8, 4) is 0 Å². The van der Waals surface area contributed by atoms with Crippen LogP contribution < -0.4 is 0 Å². The summed E-state index contributed by atoms with van der Waals surface area (Å²) in [5.41, 5.74) is 1.26. The standard InChI is InChI=1S/C15H17NO3/c17-15(18)13(10-6-2-1-3-7-10)14-11-8-4-5-9-12(11)19-16-14/h4-5,8-10,13H,1-3,6-7H2,(H,17,18). The van der Waals surface area contributed by atoms with Crippen molar-refractivity contribution < 1.29 is 14.4 Å². The first-order valence-corrected chi connectivity index (χ1v) is 6.84. The summed E-state index contributed by atoms with van der Waals surface area (Å²) in [6, 6.07) is 7.47. The first kappa shape index (κ1) is 12.2. The van der Waals surface area contributed by atoms with Gasteiger partial charge in [-0.2, -0.15) is 0 Å². The number of carboxylic acid groups (broad SMARTS) is 1. The van der Waals surface area contributed by atoms with Crippen LogP contribution in [0.2, 0.25) is 0 Å². The van der Waals surface area contributed by atoms with Crippen LogP contribution in [-0.2, 0) is 4.79 Å². The molecule has 4 nitrogen and oxygen atoms in total. The first-order chi connectivity index (χ1) is 9.27. The molecule has 1 aromatic carbocycles. The number of aromatic nitrogens is 1.